The zero-order valence-corrected chi connectivity index (χ0v) is 17.8. The molecular weight excluding hydrogens is 376 g/mol. The van der Waals surface area contributed by atoms with Crippen LogP contribution >= 0.6 is 0 Å². The van der Waals surface area contributed by atoms with Crippen molar-refractivity contribution in [2.24, 2.45) is 0 Å². The molecule has 0 aliphatic carbocycles. The lowest BCUT2D eigenvalue weighted by atomic mass is 10.0. The lowest BCUT2D eigenvalue weighted by Crippen LogP contribution is -2.46. The van der Waals surface area contributed by atoms with Crippen molar-refractivity contribution in [1.82, 2.24) is 4.90 Å². The number of nitrogens with zero attached hydrogens (tertiary/aromatic N) is 2. The van der Waals surface area contributed by atoms with Gasteiger partial charge in [-0.2, -0.15) is 0 Å². The van der Waals surface area contributed by atoms with Crippen molar-refractivity contribution in [3.63, 3.8) is 0 Å². The Hall–Kier alpha value is -2.66. The maximum Gasteiger partial charge on any atom is 0.303 e. The van der Waals surface area contributed by atoms with Crippen molar-refractivity contribution in [2.45, 2.75) is 39.0 Å². The van der Waals surface area contributed by atoms with E-state index in [-0.39, 0.29) is 18.6 Å². The predicted molar refractivity (Wildman–Crippen MR) is 120 cm³/mol. The fourth-order valence-electron chi connectivity index (χ4n) is 4.02. The normalized spacial score (nSPS) is 14.6. The molecule has 2 aromatic rings. The van der Waals surface area contributed by atoms with E-state index in [4.69, 9.17) is 5.11 Å². The van der Waals surface area contributed by atoms with Crippen LogP contribution in [0.15, 0.2) is 48.5 Å². The molecule has 3 rings (SSSR count). The van der Waals surface area contributed by atoms with Crippen LogP contribution in [0, 0.1) is 6.92 Å². The van der Waals surface area contributed by atoms with E-state index in [9.17, 15) is 9.59 Å². The topological polar surface area (TPSA) is 60.9 Å². The molecule has 2 aromatic carbocycles. The van der Waals surface area contributed by atoms with Gasteiger partial charge in [0.2, 0.25) is 0 Å². The minimum atomic E-state index is -0.934. The number of anilines is 1. The molecule has 0 saturated carbocycles. The third kappa shape index (κ3) is 6.42. The summed E-state index contributed by atoms with van der Waals surface area (Å²) in [7, 11) is 0. The Kier molecular flexibility index (Phi) is 8.03. The van der Waals surface area contributed by atoms with Crippen LogP contribution in [0.4, 0.5) is 5.69 Å². The smallest absolute Gasteiger partial charge is 0.303 e. The number of hydrogen-bond donors (Lipinski definition) is 1. The van der Waals surface area contributed by atoms with Crippen molar-refractivity contribution >= 4 is 17.4 Å². The largest absolute Gasteiger partial charge is 0.481 e. The van der Waals surface area contributed by atoms with Crippen LogP contribution in [0.25, 0.3) is 0 Å². The number of piperazine rings is 1. The lowest BCUT2D eigenvalue weighted by Gasteiger charge is -2.36. The van der Waals surface area contributed by atoms with Gasteiger partial charge in [-0.25, -0.2) is 0 Å². The van der Waals surface area contributed by atoms with Crippen molar-refractivity contribution in [3.8, 4) is 0 Å². The van der Waals surface area contributed by atoms with Gasteiger partial charge in [-0.05, 0) is 49.9 Å². The number of carboxylic acid groups (broad SMARTS) is 1. The molecule has 0 unspecified atom stereocenters. The number of aryl methyl sites for hydroxylation is 2. The monoisotopic (exact) mass is 408 g/mol. The van der Waals surface area contributed by atoms with Crippen molar-refractivity contribution in [2.75, 3.05) is 37.6 Å². The second-order valence-corrected chi connectivity index (χ2v) is 8.09. The van der Waals surface area contributed by atoms with Crippen molar-refractivity contribution < 1.29 is 14.7 Å². The van der Waals surface area contributed by atoms with Crippen LogP contribution in [-0.4, -0.2) is 54.5 Å². The van der Waals surface area contributed by atoms with Crippen LogP contribution in [-0.2, 0) is 11.2 Å². The highest BCUT2D eigenvalue weighted by Crippen LogP contribution is 2.21. The minimum Gasteiger partial charge on any atom is -0.481 e. The third-order valence-corrected chi connectivity index (χ3v) is 5.86. The minimum absolute atomic E-state index is 0.0613. The Morgan fingerprint density at radius 2 is 1.60 bits per heavy atom. The number of carbonyl (C=O) groups excluding carboxylic acids is 1. The van der Waals surface area contributed by atoms with Gasteiger partial charge in [0, 0.05) is 43.9 Å². The molecule has 0 aromatic heterocycles. The van der Waals surface area contributed by atoms with E-state index < -0.39 is 5.97 Å². The molecule has 0 amide bonds. The summed E-state index contributed by atoms with van der Waals surface area (Å²) >= 11 is 0. The number of unbranched alkanes of at least 4 members (excludes halogenated alkanes) is 1. The number of ketones is 1. The second-order valence-electron chi connectivity index (χ2n) is 8.09. The Morgan fingerprint density at radius 1 is 0.900 bits per heavy atom. The van der Waals surface area contributed by atoms with Crippen molar-refractivity contribution in [1.29, 1.82) is 0 Å². The van der Waals surface area contributed by atoms with Crippen molar-refractivity contribution in [3.05, 3.63) is 65.2 Å². The van der Waals surface area contributed by atoms with Gasteiger partial charge in [-0.15, -0.1) is 0 Å². The van der Waals surface area contributed by atoms with Gasteiger partial charge in [0.1, 0.15) is 0 Å². The summed E-state index contributed by atoms with van der Waals surface area (Å²) in [5, 5.41) is 8.69. The number of hydrogen-bond acceptors (Lipinski definition) is 4. The molecule has 1 heterocycles. The first-order valence-electron chi connectivity index (χ1n) is 10.9. The van der Waals surface area contributed by atoms with Crippen LogP contribution in [0.1, 0.15) is 47.2 Å². The number of aliphatic carboxylic acids is 1. The Balaban J connectivity index is 1.34. The number of benzene rings is 2. The number of rotatable bonds is 10. The van der Waals surface area contributed by atoms with E-state index in [2.05, 4.69) is 41.0 Å². The van der Waals surface area contributed by atoms with Crippen LogP contribution in [0.5, 0.6) is 0 Å². The number of carbonyl (C=O) groups is 2. The summed E-state index contributed by atoms with van der Waals surface area (Å²) in [6.45, 7) is 7.71. The molecule has 5 heteroatoms. The summed E-state index contributed by atoms with van der Waals surface area (Å²) in [4.78, 5) is 27.6. The molecular formula is C25H32N2O3. The molecule has 1 saturated heterocycles. The van der Waals surface area contributed by atoms with E-state index in [1.54, 1.807) is 0 Å². The summed E-state index contributed by atoms with van der Waals surface area (Å²) in [5.41, 5.74) is 4.54. The summed E-state index contributed by atoms with van der Waals surface area (Å²) < 4.78 is 0. The molecule has 0 atom stereocenters. The summed E-state index contributed by atoms with van der Waals surface area (Å²) in [5.74, 6) is -1.04. The third-order valence-electron chi connectivity index (χ3n) is 5.86. The maximum atomic E-state index is 12.0. The molecule has 1 aliphatic rings. The SMILES string of the molecule is Cc1ccccc1N1CCN(CCCCc2ccc(C(=O)CCC(=O)O)cc2)CC1. The first-order chi connectivity index (χ1) is 14.5. The van der Waals surface area contributed by atoms with E-state index in [0.717, 1.165) is 45.6 Å². The standard InChI is InChI=1S/C25H32N2O3/c1-20-6-2-3-8-23(20)27-18-16-26(17-19-27)15-5-4-7-21-9-11-22(12-10-21)24(28)13-14-25(29)30/h2-3,6,8-12H,4-5,7,13-19H2,1H3,(H,29,30). The molecule has 30 heavy (non-hydrogen) atoms. The highest BCUT2D eigenvalue weighted by molar-refractivity contribution is 5.97. The van der Waals surface area contributed by atoms with Gasteiger partial charge in [0.15, 0.2) is 5.78 Å². The first kappa shape index (κ1) is 22.0. The molecule has 5 nitrogen and oxygen atoms in total. The average Bonchev–Trinajstić information content (AvgIpc) is 2.76. The zero-order valence-electron chi connectivity index (χ0n) is 17.8. The van der Waals surface area contributed by atoms with Gasteiger partial charge in [-0.3, -0.25) is 14.5 Å². The molecule has 0 bridgehead atoms. The maximum absolute atomic E-state index is 12.0. The number of Topliss-reactive ketones (excluding diaryl/α,β-unsaturated/α-hetero) is 1. The van der Waals surface area contributed by atoms with E-state index >= 15 is 0 Å². The Bertz CT molecular complexity index is 840. The quantitative estimate of drug-likeness (QED) is 0.472. The number of carboxylic acids is 1. The van der Waals surface area contributed by atoms with Crippen LogP contribution in [0.3, 0.4) is 0 Å². The van der Waals surface area contributed by atoms with Gasteiger partial charge in [0.25, 0.3) is 0 Å². The predicted octanol–water partition coefficient (Wildman–Crippen LogP) is 4.19. The van der Waals surface area contributed by atoms with Crippen LogP contribution in [0.2, 0.25) is 0 Å². The highest BCUT2D eigenvalue weighted by atomic mass is 16.4. The fourth-order valence-corrected chi connectivity index (χ4v) is 4.02. The highest BCUT2D eigenvalue weighted by Gasteiger charge is 2.17. The fraction of sp³-hybridized carbons (Fsp3) is 0.440. The number of para-hydroxylation sites is 1. The Labute approximate surface area is 179 Å². The van der Waals surface area contributed by atoms with Gasteiger partial charge in [-0.1, -0.05) is 42.5 Å². The molecule has 160 valence electrons. The first-order valence-corrected chi connectivity index (χ1v) is 10.9. The average molecular weight is 409 g/mol. The van der Waals surface area contributed by atoms with Crippen LogP contribution < -0.4 is 4.90 Å². The summed E-state index contributed by atoms with van der Waals surface area (Å²) in [6, 6.07) is 16.3. The molecule has 1 fully saturated rings. The molecule has 1 aliphatic heterocycles. The lowest BCUT2D eigenvalue weighted by molar-refractivity contribution is -0.136. The van der Waals surface area contributed by atoms with Gasteiger partial charge in [0.05, 0.1) is 6.42 Å². The zero-order chi connectivity index (χ0) is 21.3. The van der Waals surface area contributed by atoms with Gasteiger partial charge < -0.3 is 10.0 Å². The second kappa shape index (κ2) is 10.9. The molecule has 0 spiro atoms. The Morgan fingerprint density at radius 3 is 2.27 bits per heavy atom. The summed E-state index contributed by atoms with van der Waals surface area (Å²) in [6.07, 6.45) is 3.26. The van der Waals surface area contributed by atoms with E-state index in [1.807, 2.05) is 24.3 Å². The van der Waals surface area contributed by atoms with E-state index in [0.29, 0.717) is 5.56 Å². The van der Waals surface area contributed by atoms with Gasteiger partial charge >= 0.3 is 5.97 Å². The molecule has 0 radical (unpaired) electrons. The molecule has 1 N–H and O–H groups in total. The van der Waals surface area contributed by atoms with E-state index in [1.165, 1.54) is 23.2 Å².